The Morgan fingerprint density at radius 1 is 1.00 bits per heavy atom. The molecule has 0 radical (unpaired) electrons. The quantitative estimate of drug-likeness (QED) is 0.822. The van der Waals surface area contributed by atoms with E-state index >= 15 is 0 Å². The van der Waals surface area contributed by atoms with Gasteiger partial charge in [-0.1, -0.05) is 42.5 Å². The van der Waals surface area contributed by atoms with E-state index in [-0.39, 0.29) is 0 Å². The van der Waals surface area contributed by atoms with Gasteiger partial charge in [-0.3, -0.25) is 0 Å². The van der Waals surface area contributed by atoms with E-state index in [1.54, 1.807) is 7.11 Å². The number of hydrogen-bond acceptors (Lipinski definition) is 1. The minimum Gasteiger partial charge on any atom is -0.495 e. The second kappa shape index (κ2) is 5.17. The monoisotopic (exact) mass is 276 g/mol. The highest BCUT2D eigenvalue weighted by Crippen LogP contribution is 2.30. The van der Waals surface area contributed by atoms with Crippen LogP contribution in [0.2, 0.25) is 0 Å². The van der Waals surface area contributed by atoms with Gasteiger partial charge in [0.2, 0.25) is 0 Å². The first-order valence-corrected chi connectivity index (χ1v) is 5.96. The summed E-state index contributed by atoms with van der Waals surface area (Å²) in [5, 5.41) is 0. The summed E-state index contributed by atoms with van der Waals surface area (Å²) < 4.78 is 6.40. The Labute approximate surface area is 104 Å². The fourth-order valence-electron chi connectivity index (χ4n) is 1.74. The first kappa shape index (κ1) is 11.2. The fraction of sp³-hybridized carbons (Fsp3) is 0.143. The van der Waals surface area contributed by atoms with Crippen LogP contribution in [0.3, 0.4) is 0 Å². The van der Waals surface area contributed by atoms with Crippen LogP contribution in [0.4, 0.5) is 0 Å². The molecule has 0 heterocycles. The van der Waals surface area contributed by atoms with Crippen molar-refractivity contribution in [2.75, 3.05) is 7.11 Å². The van der Waals surface area contributed by atoms with Crippen molar-refractivity contribution in [2.24, 2.45) is 0 Å². The van der Waals surface area contributed by atoms with E-state index in [0.717, 1.165) is 16.6 Å². The molecule has 82 valence electrons. The second-order valence-corrected chi connectivity index (χ2v) is 4.45. The Kier molecular flexibility index (Phi) is 3.62. The molecule has 2 rings (SSSR count). The topological polar surface area (TPSA) is 9.23 Å². The molecule has 0 saturated carbocycles. The van der Waals surface area contributed by atoms with Gasteiger partial charge in [-0.2, -0.15) is 0 Å². The van der Waals surface area contributed by atoms with Gasteiger partial charge < -0.3 is 4.74 Å². The van der Waals surface area contributed by atoms with Crippen LogP contribution in [0.5, 0.6) is 5.75 Å². The molecule has 16 heavy (non-hydrogen) atoms. The average molecular weight is 277 g/mol. The summed E-state index contributed by atoms with van der Waals surface area (Å²) >= 11 is 3.50. The zero-order valence-corrected chi connectivity index (χ0v) is 10.7. The normalized spacial score (nSPS) is 10.1. The van der Waals surface area contributed by atoms with Gasteiger partial charge in [-0.25, -0.2) is 0 Å². The first-order valence-electron chi connectivity index (χ1n) is 5.16. The predicted molar refractivity (Wildman–Crippen MR) is 69.9 cm³/mol. The van der Waals surface area contributed by atoms with Crippen LogP contribution >= 0.6 is 15.9 Å². The molecular weight excluding hydrogens is 264 g/mol. The molecule has 0 aliphatic carbocycles. The van der Waals surface area contributed by atoms with E-state index in [0.29, 0.717) is 0 Å². The van der Waals surface area contributed by atoms with Gasteiger partial charge in [0.25, 0.3) is 0 Å². The van der Waals surface area contributed by atoms with Gasteiger partial charge >= 0.3 is 0 Å². The van der Waals surface area contributed by atoms with Crippen LogP contribution in [0.15, 0.2) is 53.0 Å². The van der Waals surface area contributed by atoms with Crippen molar-refractivity contribution >= 4 is 15.9 Å². The molecule has 2 aromatic rings. The van der Waals surface area contributed by atoms with E-state index < -0.39 is 0 Å². The third-order valence-corrected chi connectivity index (χ3v) is 3.11. The molecule has 0 unspecified atom stereocenters. The second-order valence-electron chi connectivity index (χ2n) is 3.59. The lowest BCUT2D eigenvalue weighted by molar-refractivity contribution is 0.408. The van der Waals surface area contributed by atoms with E-state index in [2.05, 4.69) is 46.3 Å². The Hall–Kier alpha value is -1.28. The van der Waals surface area contributed by atoms with Gasteiger partial charge in [0.05, 0.1) is 11.6 Å². The molecule has 0 aliphatic heterocycles. The van der Waals surface area contributed by atoms with Crippen LogP contribution in [0.25, 0.3) is 0 Å². The lowest BCUT2D eigenvalue weighted by Gasteiger charge is -2.10. The molecule has 2 heteroatoms. The molecule has 0 aliphatic rings. The molecule has 2 aromatic carbocycles. The van der Waals surface area contributed by atoms with Crippen LogP contribution in [-0.4, -0.2) is 7.11 Å². The molecule has 0 fully saturated rings. The van der Waals surface area contributed by atoms with Crippen LogP contribution in [0.1, 0.15) is 11.1 Å². The zero-order valence-electron chi connectivity index (χ0n) is 9.11. The molecule has 0 bridgehead atoms. The molecule has 1 nitrogen and oxygen atoms in total. The molecule has 0 N–H and O–H groups in total. The average Bonchev–Trinajstić information content (AvgIpc) is 2.31. The van der Waals surface area contributed by atoms with Crippen molar-refractivity contribution in [1.29, 1.82) is 0 Å². The molecule has 0 aromatic heterocycles. The highest BCUT2D eigenvalue weighted by atomic mass is 79.9. The number of rotatable bonds is 3. The molecular formula is C14H13BrO. The third kappa shape index (κ3) is 2.45. The SMILES string of the molecule is COc1c(Br)cccc1Cc1ccccc1. The Bertz CT molecular complexity index is 465. The van der Waals surface area contributed by atoms with E-state index in [9.17, 15) is 0 Å². The minimum atomic E-state index is 0.892. The van der Waals surface area contributed by atoms with Gasteiger partial charge in [0.15, 0.2) is 0 Å². The number of para-hydroxylation sites is 1. The van der Waals surface area contributed by atoms with Gasteiger partial charge in [-0.05, 0) is 33.1 Å². The summed E-state index contributed by atoms with van der Waals surface area (Å²) in [6.45, 7) is 0. The molecule has 0 spiro atoms. The fourth-order valence-corrected chi connectivity index (χ4v) is 2.31. The van der Waals surface area contributed by atoms with Gasteiger partial charge in [-0.15, -0.1) is 0 Å². The summed E-state index contributed by atoms with van der Waals surface area (Å²) in [6.07, 6.45) is 0.892. The van der Waals surface area contributed by atoms with Crippen LogP contribution < -0.4 is 4.74 Å². The number of hydrogen-bond donors (Lipinski definition) is 0. The van der Waals surface area contributed by atoms with Crippen molar-refractivity contribution in [3.05, 3.63) is 64.1 Å². The maximum atomic E-state index is 5.40. The van der Waals surface area contributed by atoms with Crippen molar-refractivity contribution in [3.8, 4) is 5.75 Å². The number of benzene rings is 2. The summed E-state index contributed by atoms with van der Waals surface area (Å²) in [4.78, 5) is 0. The third-order valence-electron chi connectivity index (χ3n) is 2.49. The standard InChI is InChI=1S/C14H13BrO/c1-16-14-12(8-5-9-13(14)15)10-11-6-3-2-4-7-11/h2-9H,10H2,1H3. The van der Waals surface area contributed by atoms with E-state index in [1.807, 2.05) is 18.2 Å². The molecule has 0 saturated heterocycles. The summed E-state index contributed by atoms with van der Waals surface area (Å²) in [5.74, 6) is 0.923. The van der Waals surface area contributed by atoms with Crippen molar-refractivity contribution < 1.29 is 4.74 Å². The van der Waals surface area contributed by atoms with Crippen molar-refractivity contribution in [1.82, 2.24) is 0 Å². The minimum absolute atomic E-state index is 0.892. The van der Waals surface area contributed by atoms with Gasteiger partial charge in [0, 0.05) is 6.42 Å². The lowest BCUT2D eigenvalue weighted by Crippen LogP contribution is -1.94. The van der Waals surface area contributed by atoms with Gasteiger partial charge in [0.1, 0.15) is 5.75 Å². The first-order chi connectivity index (χ1) is 7.81. The Morgan fingerprint density at radius 3 is 2.44 bits per heavy atom. The van der Waals surface area contributed by atoms with Crippen molar-refractivity contribution in [3.63, 3.8) is 0 Å². The maximum Gasteiger partial charge on any atom is 0.136 e. The lowest BCUT2D eigenvalue weighted by atomic mass is 10.0. The predicted octanol–water partition coefficient (Wildman–Crippen LogP) is 4.05. The molecule has 0 amide bonds. The Balaban J connectivity index is 2.31. The van der Waals surface area contributed by atoms with E-state index in [1.165, 1.54) is 11.1 Å². The van der Waals surface area contributed by atoms with Crippen LogP contribution in [-0.2, 0) is 6.42 Å². The zero-order chi connectivity index (χ0) is 11.4. The Morgan fingerprint density at radius 2 is 1.75 bits per heavy atom. The summed E-state index contributed by atoms with van der Waals surface area (Å²) in [5.41, 5.74) is 2.49. The van der Waals surface area contributed by atoms with Crippen LogP contribution in [0, 0.1) is 0 Å². The number of ether oxygens (including phenoxy) is 1. The highest BCUT2D eigenvalue weighted by molar-refractivity contribution is 9.10. The van der Waals surface area contributed by atoms with Crippen molar-refractivity contribution in [2.45, 2.75) is 6.42 Å². The maximum absolute atomic E-state index is 5.40. The van der Waals surface area contributed by atoms with E-state index in [4.69, 9.17) is 4.74 Å². The summed E-state index contributed by atoms with van der Waals surface area (Å²) in [6, 6.07) is 16.5. The smallest absolute Gasteiger partial charge is 0.136 e. The summed E-state index contributed by atoms with van der Waals surface area (Å²) in [7, 11) is 1.70. The largest absolute Gasteiger partial charge is 0.495 e. The number of halogens is 1. The number of methoxy groups -OCH3 is 1. The highest BCUT2D eigenvalue weighted by Gasteiger charge is 2.06. The molecule has 0 atom stereocenters.